The van der Waals surface area contributed by atoms with Crippen LogP contribution in [0.1, 0.15) is 35.3 Å². The topological polar surface area (TPSA) is 99.4 Å². The van der Waals surface area contributed by atoms with E-state index in [0.717, 1.165) is 17.7 Å². The molecule has 0 aliphatic rings. The van der Waals surface area contributed by atoms with Crippen molar-refractivity contribution in [1.82, 2.24) is 14.9 Å². The lowest BCUT2D eigenvalue weighted by atomic mass is 10.1. The molecule has 30 heavy (non-hydrogen) atoms. The largest absolute Gasteiger partial charge is 0.394 e. The summed E-state index contributed by atoms with van der Waals surface area (Å²) < 4.78 is 1.81. The Bertz CT molecular complexity index is 988. The third kappa shape index (κ3) is 5.38. The molecule has 2 heterocycles. The lowest BCUT2D eigenvalue weighted by Crippen LogP contribution is -2.30. The van der Waals surface area contributed by atoms with Crippen molar-refractivity contribution >= 4 is 23.3 Å². The quantitative estimate of drug-likeness (QED) is 0.419. The van der Waals surface area contributed by atoms with E-state index in [1.54, 1.807) is 48.9 Å². The van der Waals surface area contributed by atoms with E-state index in [1.165, 1.54) is 0 Å². The number of benzene rings is 1. The van der Waals surface area contributed by atoms with Gasteiger partial charge >= 0.3 is 0 Å². The molecular formula is C22H25ClN4O3. The second-order valence-corrected chi connectivity index (χ2v) is 7.34. The normalized spacial score (nSPS) is 12.9. The fourth-order valence-corrected chi connectivity index (χ4v) is 3.23. The van der Waals surface area contributed by atoms with Crippen LogP contribution in [0.15, 0.2) is 61.1 Å². The summed E-state index contributed by atoms with van der Waals surface area (Å²) in [6, 6.07) is 11.8. The Balaban J connectivity index is 1.73. The number of nitrogens with zero attached hydrogens (tertiary/aromatic N) is 2. The number of carbonyl (C=O) groups is 1. The minimum absolute atomic E-state index is 0.0227. The van der Waals surface area contributed by atoms with Crippen LogP contribution in [-0.4, -0.2) is 44.9 Å². The molecule has 7 nitrogen and oxygen atoms in total. The van der Waals surface area contributed by atoms with Crippen molar-refractivity contribution in [3.63, 3.8) is 0 Å². The molecule has 0 saturated heterocycles. The summed E-state index contributed by atoms with van der Waals surface area (Å²) in [5.74, 6) is 0.348. The van der Waals surface area contributed by atoms with Crippen LogP contribution in [0.2, 0.25) is 5.02 Å². The zero-order valence-corrected chi connectivity index (χ0v) is 17.4. The van der Waals surface area contributed by atoms with Gasteiger partial charge in [0.25, 0.3) is 5.91 Å². The number of pyridine rings is 1. The Hall–Kier alpha value is -2.87. The second kappa shape index (κ2) is 10.2. The number of hydrogen-bond donors (Lipinski definition) is 4. The number of aromatic nitrogens is 2. The zero-order chi connectivity index (χ0) is 21.5. The minimum Gasteiger partial charge on any atom is -0.394 e. The van der Waals surface area contributed by atoms with E-state index < -0.39 is 6.04 Å². The molecule has 2 aromatic heterocycles. The molecular weight excluding hydrogens is 404 g/mol. The fourth-order valence-electron chi connectivity index (χ4n) is 3.04. The summed E-state index contributed by atoms with van der Waals surface area (Å²) >= 11 is 6.01. The first-order valence-corrected chi connectivity index (χ1v) is 10.1. The monoisotopic (exact) mass is 428 g/mol. The molecule has 0 aliphatic heterocycles. The fraction of sp³-hybridized carbons (Fsp3) is 0.273. The Kier molecular flexibility index (Phi) is 7.46. The van der Waals surface area contributed by atoms with Gasteiger partial charge in [-0.1, -0.05) is 30.7 Å². The van der Waals surface area contributed by atoms with Crippen molar-refractivity contribution in [2.24, 2.45) is 0 Å². The minimum atomic E-state index is -0.555. The number of aliphatic hydroxyl groups excluding tert-OH is 2. The van der Waals surface area contributed by atoms with Gasteiger partial charge in [-0.05, 0) is 36.2 Å². The molecule has 0 bridgehead atoms. The molecule has 0 aliphatic carbocycles. The third-order valence-corrected chi connectivity index (χ3v) is 5.04. The van der Waals surface area contributed by atoms with E-state index >= 15 is 0 Å². The van der Waals surface area contributed by atoms with Crippen molar-refractivity contribution in [2.45, 2.75) is 25.4 Å². The molecule has 0 saturated carbocycles. The van der Waals surface area contributed by atoms with Crippen LogP contribution in [0.3, 0.4) is 0 Å². The Labute approximate surface area is 180 Å². The summed E-state index contributed by atoms with van der Waals surface area (Å²) in [5.41, 5.74) is 2.02. The number of rotatable bonds is 9. The number of hydrogen-bond acceptors (Lipinski definition) is 5. The summed E-state index contributed by atoms with van der Waals surface area (Å²) in [5, 5.41) is 25.6. The lowest BCUT2D eigenvalue weighted by Gasteiger charge is -2.16. The highest BCUT2D eigenvalue weighted by Gasteiger charge is 2.16. The predicted octanol–water partition coefficient (Wildman–Crippen LogP) is 3.17. The van der Waals surface area contributed by atoms with Crippen molar-refractivity contribution in [3.8, 4) is 5.69 Å². The highest BCUT2D eigenvalue weighted by molar-refractivity contribution is 6.30. The molecule has 4 N–H and O–H groups in total. The smallest absolute Gasteiger partial charge is 0.253 e. The van der Waals surface area contributed by atoms with Gasteiger partial charge in [0.2, 0.25) is 0 Å². The maximum atomic E-state index is 12.7. The van der Waals surface area contributed by atoms with Crippen LogP contribution in [0.4, 0.5) is 5.82 Å². The van der Waals surface area contributed by atoms with Crippen LogP contribution in [0.25, 0.3) is 5.69 Å². The van der Waals surface area contributed by atoms with Gasteiger partial charge in [0, 0.05) is 29.7 Å². The van der Waals surface area contributed by atoms with Gasteiger partial charge in [0.05, 0.1) is 36.5 Å². The number of carbonyl (C=O) groups excluding carboxylic acids is 1. The summed E-state index contributed by atoms with van der Waals surface area (Å²) in [6.07, 6.45) is 5.94. The van der Waals surface area contributed by atoms with Gasteiger partial charge in [0.15, 0.2) is 0 Å². The summed E-state index contributed by atoms with van der Waals surface area (Å²) in [4.78, 5) is 17.0. The Morgan fingerprint density at radius 1 is 1.20 bits per heavy atom. The van der Waals surface area contributed by atoms with Gasteiger partial charge in [0.1, 0.15) is 5.82 Å². The molecule has 0 radical (unpaired) electrons. The number of amides is 1. The maximum absolute atomic E-state index is 12.7. The lowest BCUT2D eigenvalue weighted by molar-refractivity contribution is 0.0916. The molecule has 2 atom stereocenters. The average Bonchev–Trinajstić information content (AvgIpc) is 3.26. The van der Waals surface area contributed by atoms with Crippen molar-refractivity contribution < 1.29 is 15.0 Å². The van der Waals surface area contributed by atoms with Crippen molar-refractivity contribution in [2.75, 3.05) is 18.5 Å². The molecule has 1 unspecified atom stereocenters. The van der Waals surface area contributed by atoms with Gasteiger partial charge in [-0.15, -0.1) is 0 Å². The van der Waals surface area contributed by atoms with Crippen LogP contribution in [0, 0.1) is 0 Å². The SMILES string of the molecule is CC[C@@H](CO)Nc1cc(-n2ccc(C(=O)NC(CO)c3cccc(Cl)c3)c2)ccn1. The first-order valence-electron chi connectivity index (χ1n) is 9.73. The Morgan fingerprint density at radius 2 is 2.03 bits per heavy atom. The molecule has 0 spiro atoms. The molecule has 3 aromatic rings. The molecule has 158 valence electrons. The van der Waals surface area contributed by atoms with Crippen LogP contribution in [-0.2, 0) is 0 Å². The van der Waals surface area contributed by atoms with E-state index in [2.05, 4.69) is 15.6 Å². The number of nitrogens with one attached hydrogen (secondary N) is 2. The standard InChI is InChI=1S/C22H25ClN4O3/c1-2-18(13-28)25-21-11-19(6-8-24-21)27-9-7-16(12-27)22(30)26-20(14-29)15-4-3-5-17(23)10-15/h3-12,18,20,28-29H,2,13-14H2,1H3,(H,24,25)(H,26,30)/t18-,20?/m0/s1. The van der Waals surface area contributed by atoms with E-state index in [4.69, 9.17) is 11.6 Å². The van der Waals surface area contributed by atoms with Gasteiger partial charge in [-0.2, -0.15) is 0 Å². The van der Waals surface area contributed by atoms with Crippen molar-refractivity contribution in [3.05, 3.63) is 77.2 Å². The van der Waals surface area contributed by atoms with Crippen LogP contribution < -0.4 is 10.6 Å². The number of anilines is 1. The number of aliphatic hydroxyl groups is 2. The number of halogens is 1. The zero-order valence-electron chi connectivity index (χ0n) is 16.6. The Morgan fingerprint density at radius 3 is 2.73 bits per heavy atom. The van der Waals surface area contributed by atoms with Crippen LogP contribution >= 0.6 is 11.6 Å². The van der Waals surface area contributed by atoms with Gasteiger partial charge in [-0.3, -0.25) is 4.79 Å². The van der Waals surface area contributed by atoms with Gasteiger partial charge in [-0.25, -0.2) is 4.98 Å². The second-order valence-electron chi connectivity index (χ2n) is 6.90. The van der Waals surface area contributed by atoms with Gasteiger partial charge < -0.3 is 25.4 Å². The van der Waals surface area contributed by atoms with Crippen molar-refractivity contribution in [1.29, 1.82) is 0 Å². The first kappa shape index (κ1) is 21.8. The van der Waals surface area contributed by atoms with E-state index in [1.807, 2.05) is 23.6 Å². The molecule has 1 aromatic carbocycles. The third-order valence-electron chi connectivity index (χ3n) is 4.80. The van der Waals surface area contributed by atoms with E-state index in [-0.39, 0.29) is 25.2 Å². The molecule has 3 rings (SSSR count). The predicted molar refractivity (Wildman–Crippen MR) is 117 cm³/mol. The molecule has 1 amide bonds. The maximum Gasteiger partial charge on any atom is 0.253 e. The molecule has 8 heteroatoms. The highest BCUT2D eigenvalue weighted by atomic mass is 35.5. The van der Waals surface area contributed by atoms with E-state index in [0.29, 0.717) is 16.4 Å². The summed E-state index contributed by atoms with van der Waals surface area (Å²) in [6.45, 7) is 1.77. The molecule has 0 fully saturated rings. The average molecular weight is 429 g/mol. The summed E-state index contributed by atoms with van der Waals surface area (Å²) in [7, 11) is 0. The highest BCUT2D eigenvalue weighted by Crippen LogP contribution is 2.19. The first-order chi connectivity index (χ1) is 14.5. The van der Waals surface area contributed by atoms with Crippen LogP contribution in [0.5, 0.6) is 0 Å². The van der Waals surface area contributed by atoms with E-state index in [9.17, 15) is 15.0 Å².